The summed E-state index contributed by atoms with van der Waals surface area (Å²) in [5.74, 6) is -0.554. The van der Waals surface area contributed by atoms with Gasteiger partial charge in [-0.3, -0.25) is 4.79 Å². The molecule has 0 radical (unpaired) electrons. The van der Waals surface area contributed by atoms with E-state index >= 15 is 0 Å². The molecule has 1 saturated heterocycles. The zero-order valence-corrected chi connectivity index (χ0v) is 9.88. The molecule has 6 nitrogen and oxygen atoms in total. The van der Waals surface area contributed by atoms with Crippen LogP contribution in [-0.4, -0.2) is 64.0 Å². The van der Waals surface area contributed by atoms with Crippen molar-refractivity contribution in [1.29, 1.82) is 0 Å². The van der Waals surface area contributed by atoms with Gasteiger partial charge in [0.2, 0.25) is 0 Å². The fourth-order valence-electron chi connectivity index (χ4n) is 1.56. The monoisotopic (exact) mass is 252 g/mol. The van der Waals surface area contributed by atoms with E-state index < -0.39 is 42.4 Å². The zero-order chi connectivity index (χ0) is 12.3. The molecule has 0 amide bonds. The summed E-state index contributed by atoms with van der Waals surface area (Å²) in [7, 11) is 0. The number of aliphatic hydroxyl groups excluding tert-OH is 3. The molecule has 3 N–H and O–H groups in total. The van der Waals surface area contributed by atoms with Crippen LogP contribution in [0.5, 0.6) is 0 Å². The molecule has 0 aromatic rings. The number of hydrogen-bond donors (Lipinski definition) is 3. The van der Waals surface area contributed by atoms with Crippen LogP contribution in [0, 0.1) is 0 Å². The maximum atomic E-state index is 10.8. The first-order valence-electron chi connectivity index (χ1n) is 4.83. The maximum absolute atomic E-state index is 10.8. The Hall–Kier alpha value is -0.340. The van der Waals surface area contributed by atoms with E-state index in [1.165, 1.54) is 18.7 Å². The minimum absolute atomic E-state index is 0.401. The molecule has 1 aliphatic heterocycles. The Balaban J connectivity index is 2.77. The number of ether oxygens (including phenoxy) is 2. The quantitative estimate of drug-likeness (QED) is 0.538. The predicted octanol–water partition coefficient (Wildman–Crippen LogP) is -1.28. The Labute approximate surface area is 97.5 Å². The van der Waals surface area contributed by atoms with Crippen LogP contribution in [0.15, 0.2) is 0 Å². The van der Waals surface area contributed by atoms with Crippen molar-refractivity contribution in [3.63, 3.8) is 0 Å². The van der Waals surface area contributed by atoms with Gasteiger partial charge in [0.25, 0.3) is 0 Å². The van der Waals surface area contributed by atoms with E-state index in [-0.39, 0.29) is 0 Å². The van der Waals surface area contributed by atoms with Gasteiger partial charge < -0.3 is 24.8 Å². The zero-order valence-electron chi connectivity index (χ0n) is 9.07. The highest BCUT2D eigenvalue weighted by Crippen LogP contribution is 2.29. The molecule has 0 aromatic carbocycles. The van der Waals surface area contributed by atoms with Gasteiger partial charge in [0.15, 0.2) is 6.10 Å². The number of hydrogen-bond acceptors (Lipinski definition) is 7. The van der Waals surface area contributed by atoms with Crippen LogP contribution in [0.2, 0.25) is 0 Å². The Morgan fingerprint density at radius 1 is 1.44 bits per heavy atom. The van der Waals surface area contributed by atoms with Gasteiger partial charge >= 0.3 is 5.97 Å². The van der Waals surface area contributed by atoms with E-state index in [2.05, 4.69) is 0 Å². The number of rotatable bonds is 3. The molecule has 0 aromatic heterocycles. The third-order valence-corrected chi connectivity index (χ3v) is 3.20. The van der Waals surface area contributed by atoms with Crippen molar-refractivity contribution in [2.75, 3.05) is 12.9 Å². The molecule has 94 valence electrons. The van der Waals surface area contributed by atoms with E-state index in [0.717, 1.165) is 0 Å². The molecule has 1 unspecified atom stereocenters. The van der Waals surface area contributed by atoms with Crippen LogP contribution in [0.4, 0.5) is 0 Å². The number of aliphatic hydroxyl groups is 3. The lowest BCUT2D eigenvalue weighted by atomic mass is 10.0. The van der Waals surface area contributed by atoms with Gasteiger partial charge in [0.1, 0.15) is 23.7 Å². The molecule has 0 saturated carbocycles. The third kappa shape index (κ3) is 2.86. The highest BCUT2D eigenvalue weighted by atomic mass is 32.2. The first-order valence-corrected chi connectivity index (χ1v) is 6.12. The van der Waals surface area contributed by atoms with Crippen molar-refractivity contribution in [3.8, 4) is 0 Å². The molecular weight excluding hydrogens is 236 g/mol. The van der Waals surface area contributed by atoms with E-state index in [1.807, 2.05) is 0 Å². The van der Waals surface area contributed by atoms with Crippen molar-refractivity contribution >= 4 is 17.7 Å². The highest BCUT2D eigenvalue weighted by Gasteiger charge is 2.45. The number of carbonyl (C=O) groups is 1. The van der Waals surface area contributed by atoms with Gasteiger partial charge in [-0.1, -0.05) is 0 Å². The summed E-state index contributed by atoms with van der Waals surface area (Å²) in [6, 6.07) is 0. The fraction of sp³-hybridized carbons (Fsp3) is 0.889. The smallest absolute Gasteiger partial charge is 0.303 e. The first kappa shape index (κ1) is 13.7. The largest absolute Gasteiger partial charge is 0.456 e. The summed E-state index contributed by atoms with van der Waals surface area (Å²) in [4.78, 5) is 10.8. The molecule has 0 aliphatic carbocycles. The van der Waals surface area contributed by atoms with E-state index in [9.17, 15) is 15.0 Å². The van der Waals surface area contributed by atoms with Gasteiger partial charge in [0, 0.05) is 6.92 Å². The van der Waals surface area contributed by atoms with Crippen LogP contribution >= 0.6 is 11.8 Å². The lowest BCUT2D eigenvalue weighted by Gasteiger charge is -2.40. The first-order chi connectivity index (χ1) is 7.51. The third-order valence-electron chi connectivity index (χ3n) is 2.36. The molecule has 0 spiro atoms. The Morgan fingerprint density at radius 2 is 2.06 bits per heavy atom. The average molecular weight is 252 g/mol. The number of thioether (sulfide) groups is 1. The predicted molar refractivity (Wildman–Crippen MR) is 56.8 cm³/mol. The Morgan fingerprint density at radius 3 is 2.50 bits per heavy atom. The van der Waals surface area contributed by atoms with Crippen LogP contribution in [0.25, 0.3) is 0 Å². The average Bonchev–Trinajstić information content (AvgIpc) is 2.25. The lowest BCUT2D eigenvalue weighted by Crippen LogP contribution is -2.58. The summed E-state index contributed by atoms with van der Waals surface area (Å²) < 4.78 is 10.2. The standard InChI is InChI=1S/C9H16O6S/c1-4(11)14-8-7(13)6(12)5(3-10)15-9(8)16-2/h5-10,12-13H,3H2,1-2H3/t5-,6+,7+,8-,9?/m1/s1. The van der Waals surface area contributed by atoms with Gasteiger partial charge in [0.05, 0.1) is 6.61 Å². The molecule has 1 fully saturated rings. The topological polar surface area (TPSA) is 96.2 Å². The van der Waals surface area contributed by atoms with Crippen molar-refractivity contribution in [2.24, 2.45) is 0 Å². The van der Waals surface area contributed by atoms with Crippen molar-refractivity contribution in [3.05, 3.63) is 0 Å². The fourth-order valence-corrected chi connectivity index (χ4v) is 2.30. The SMILES string of the molecule is CSC1O[C@H](CO)[C@H](O)[C@H](O)[C@H]1OC(C)=O. The molecule has 1 aliphatic rings. The summed E-state index contributed by atoms with van der Waals surface area (Å²) in [6.07, 6.45) is -2.59. The Kier molecular flexibility index (Phi) is 5.00. The maximum Gasteiger partial charge on any atom is 0.303 e. The normalized spacial score (nSPS) is 39.4. The van der Waals surface area contributed by atoms with Gasteiger partial charge in [-0.25, -0.2) is 0 Å². The second-order valence-electron chi connectivity index (χ2n) is 3.52. The molecule has 5 atom stereocenters. The molecule has 16 heavy (non-hydrogen) atoms. The second kappa shape index (κ2) is 5.83. The summed E-state index contributed by atoms with van der Waals surface area (Å²) in [6.45, 7) is 0.816. The van der Waals surface area contributed by atoms with E-state index in [0.29, 0.717) is 0 Å². The van der Waals surface area contributed by atoms with Crippen LogP contribution in [0.3, 0.4) is 0 Å². The summed E-state index contributed by atoms with van der Waals surface area (Å²) in [5.41, 5.74) is -0.598. The Bertz CT molecular complexity index is 246. The van der Waals surface area contributed by atoms with E-state index in [4.69, 9.17) is 14.6 Å². The van der Waals surface area contributed by atoms with Gasteiger partial charge in [-0.2, -0.15) is 0 Å². The molecule has 1 rings (SSSR count). The molecular formula is C9H16O6S. The second-order valence-corrected chi connectivity index (χ2v) is 4.45. The molecule has 0 bridgehead atoms. The van der Waals surface area contributed by atoms with Crippen molar-refractivity contribution < 1.29 is 29.6 Å². The van der Waals surface area contributed by atoms with Crippen LogP contribution in [-0.2, 0) is 14.3 Å². The molecule has 1 heterocycles. The number of esters is 1. The van der Waals surface area contributed by atoms with Crippen LogP contribution in [0.1, 0.15) is 6.92 Å². The number of carbonyl (C=O) groups excluding carboxylic acids is 1. The summed E-state index contributed by atoms with van der Waals surface area (Å²) in [5, 5.41) is 28.3. The van der Waals surface area contributed by atoms with Crippen molar-refractivity contribution in [2.45, 2.75) is 36.8 Å². The van der Waals surface area contributed by atoms with Gasteiger partial charge in [-0.05, 0) is 6.26 Å². The lowest BCUT2D eigenvalue weighted by molar-refractivity contribution is -0.218. The summed E-state index contributed by atoms with van der Waals surface area (Å²) >= 11 is 1.24. The van der Waals surface area contributed by atoms with E-state index in [1.54, 1.807) is 6.26 Å². The minimum Gasteiger partial charge on any atom is -0.456 e. The minimum atomic E-state index is -1.27. The van der Waals surface area contributed by atoms with Crippen molar-refractivity contribution in [1.82, 2.24) is 0 Å². The van der Waals surface area contributed by atoms with Gasteiger partial charge in [-0.15, -0.1) is 11.8 Å². The highest BCUT2D eigenvalue weighted by molar-refractivity contribution is 7.99. The van der Waals surface area contributed by atoms with Crippen LogP contribution < -0.4 is 0 Å². The molecule has 7 heteroatoms.